The van der Waals surface area contributed by atoms with E-state index < -0.39 is 28.4 Å². The minimum Gasteiger partial charge on any atom is -0.465 e. The lowest BCUT2D eigenvalue weighted by Gasteiger charge is -2.34. The van der Waals surface area contributed by atoms with E-state index in [-0.39, 0.29) is 48.7 Å². The van der Waals surface area contributed by atoms with Crippen LogP contribution in [0.1, 0.15) is 38.8 Å². The second-order valence-electron chi connectivity index (χ2n) is 14.4. The Balaban J connectivity index is 0.000000215. The standard InChI is InChI=1S/C24H29N5O5S.C17H17N3O6S2/c1-2-33-21(30)15-28-10-8-27(9-11-28)13-20-14-29(24(32)34-20)19-5-3-17(4-6-19)22(25)26-23(31)18-7-12-35-16-18;1-28(23,24)25-9-14-8-20(17(22)26-14)13-4-2-11(3-5-13)15(18)19-16(21)12-6-7-27-10-12/h3-7,12,16,20H,2,8-11,13-15H2,1H3,(H2,25,26,31);2-7,10,14H,8-9H2,1H3,(H2,18,19,21). The average molecular weight is 923 g/mol. The van der Waals surface area contributed by atoms with Crippen LogP contribution in [-0.2, 0) is 33.3 Å². The second-order valence-corrected chi connectivity index (χ2v) is 17.6. The van der Waals surface area contributed by atoms with E-state index in [1.165, 1.54) is 27.6 Å². The number of carbonyl (C=O) groups is 5. The number of hydrogen-bond acceptors (Lipinski definition) is 17. The number of amides is 4. The van der Waals surface area contributed by atoms with Gasteiger partial charge < -0.3 is 24.8 Å². The van der Waals surface area contributed by atoms with E-state index in [1.807, 2.05) is 5.38 Å². The van der Waals surface area contributed by atoms with Crippen molar-refractivity contribution in [2.24, 2.45) is 0 Å². The quantitative estimate of drug-likeness (QED) is 0.0463. The molecule has 0 aliphatic carbocycles. The number of amidine groups is 2. The Morgan fingerprint density at radius 3 is 1.62 bits per heavy atom. The van der Waals surface area contributed by atoms with Crippen LogP contribution < -0.4 is 20.4 Å². The largest absolute Gasteiger partial charge is 0.465 e. The number of carbonyl (C=O) groups excluding carboxylic acids is 5. The molecule has 334 valence electrons. The molecular formula is C41H46N8O11S3. The van der Waals surface area contributed by atoms with Gasteiger partial charge in [-0.1, -0.05) is 0 Å². The smallest absolute Gasteiger partial charge is 0.414 e. The molecule has 22 heteroatoms. The van der Waals surface area contributed by atoms with Gasteiger partial charge >= 0.3 is 18.2 Å². The van der Waals surface area contributed by atoms with Crippen LogP contribution in [0.3, 0.4) is 0 Å². The molecule has 19 nitrogen and oxygen atoms in total. The summed E-state index contributed by atoms with van der Waals surface area (Å²) in [5, 5.41) is 28.3. The lowest BCUT2D eigenvalue weighted by atomic mass is 10.1. The molecule has 4 aromatic rings. The van der Waals surface area contributed by atoms with Crippen molar-refractivity contribution in [1.82, 2.24) is 20.4 Å². The van der Waals surface area contributed by atoms with Gasteiger partial charge in [-0.05, 0) is 78.3 Å². The molecule has 3 aliphatic rings. The first-order valence-corrected chi connectivity index (χ1v) is 23.3. The number of hydrogen-bond donors (Lipinski definition) is 4. The Morgan fingerprint density at radius 2 is 1.17 bits per heavy atom. The SMILES string of the molecule is CCOC(=O)CN1CCN(CC2CN(c3ccc(C(=N)NC(=O)c4ccsc4)cc3)C(=O)O2)CC1.CS(=O)(=O)OCC1CN(c2ccc(C(=N)NC(=O)c3ccsc3)cc2)C(=O)O1. The molecule has 63 heavy (non-hydrogen) atoms. The number of cyclic esters (lactones) is 2. The summed E-state index contributed by atoms with van der Waals surface area (Å²) >= 11 is 2.81. The topological polar surface area (TPSA) is 241 Å². The molecule has 0 spiro atoms. The van der Waals surface area contributed by atoms with Gasteiger partial charge in [-0.2, -0.15) is 31.1 Å². The van der Waals surface area contributed by atoms with Gasteiger partial charge in [0.25, 0.3) is 21.9 Å². The third-order valence-corrected chi connectivity index (χ3v) is 11.7. The number of anilines is 2. The number of nitrogens with zero attached hydrogens (tertiary/aromatic N) is 4. The number of piperazine rings is 1. The van der Waals surface area contributed by atoms with E-state index in [0.717, 1.165) is 32.4 Å². The molecule has 4 N–H and O–H groups in total. The van der Waals surface area contributed by atoms with Crippen molar-refractivity contribution in [3.05, 3.63) is 104 Å². The van der Waals surface area contributed by atoms with Crippen molar-refractivity contribution >= 4 is 85.8 Å². The Bertz CT molecular complexity index is 2370. The molecule has 2 aromatic carbocycles. The van der Waals surface area contributed by atoms with E-state index in [0.29, 0.717) is 59.9 Å². The molecule has 3 saturated heterocycles. The predicted molar refractivity (Wildman–Crippen MR) is 236 cm³/mol. The highest BCUT2D eigenvalue weighted by atomic mass is 32.2. The first kappa shape index (κ1) is 46.5. The number of rotatable bonds is 14. The van der Waals surface area contributed by atoms with Crippen LogP contribution in [0.4, 0.5) is 21.0 Å². The summed E-state index contributed by atoms with van der Waals surface area (Å²) in [6.07, 6.45) is -1.04. The van der Waals surface area contributed by atoms with Crippen LogP contribution in [0.25, 0.3) is 0 Å². The fraction of sp³-hybridized carbons (Fsp3) is 0.341. The van der Waals surface area contributed by atoms with Gasteiger partial charge in [0, 0.05) is 66.0 Å². The summed E-state index contributed by atoms with van der Waals surface area (Å²) in [5.74, 6) is -0.963. The van der Waals surface area contributed by atoms with Crippen LogP contribution >= 0.6 is 22.7 Å². The van der Waals surface area contributed by atoms with E-state index >= 15 is 0 Å². The third kappa shape index (κ3) is 13.2. The lowest BCUT2D eigenvalue weighted by molar-refractivity contribution is -0.144. The van der Waals surface area contributed by atoms with Gasteiger partial charge in [0.1, 0.15) is 30.5 Å². The van der Waals surface area contributed by atoms with Crippen LogP contribution in [0, 0.1) is 10.8 Å². The molecule has 3 aliphatic heterocycles. The summed E-state index contributed by atoms with van der Waals surface area (Å²) in [4.78, 5) is 67.6. The molecule has 5 heterocycles. The maximum Gasteiger partial charge on any atom is 0.414 e. The zero-order valence-electron chi connectivity index (χ0n) is 34.3. The molecular weight excluding hydrogens is 877 g/mol. The summed E-state index contributed by atoms with van der Waals surface area (Å²) in [5.41, 5.74) is 3.21. The van der Waals surface area contributed by atoms with Crippen LogP contribution in [0.5, 0.6) is 0 Å². The zero-order valence-corrected chi connectivity index (χ0v) is 36.8. The van der Waals surface area contributed by atoms with Crippen LogP contribution in [0.15, 0.2) is 82.2 Å². The van der Waals surface area contributed by atoms with E-state index in [9.17, 15) is 32.4 Å². The molecule has 0 bridgehead atoms. The molecule has 4 amide bonds. The minimum atomic E-state index is -3.62. The van der Waals surface area contributed by atoms with Crippen molar-refractivity contribution < 1.29 is 50.8 Å². The number of esters is 1. The first-order valence-electron chi connectivity index (χ1n) is 19.6. The molecule has 2 unspecified atom stereocenters. The lowest BCUT2D eigenvalue weighted by Crippen LogP contribution is -2.50. The number of ether oxygens (including phenoxy) is 3. The molecule has 2 atom stereocenters. The van der Waals surface area contributed by atoms with Crippen LogP contribution in [0.2, 0.25) is 0 Å². The Kier molecular flexibility index (Phi) is 15.8. The van der Waals surface area contributed by atoms with Gasteiger partial charge in [-0.15, -0.1) is 0 Å². The molecule has 3 fully saturated rings. The van der Waals surface area contributed by atoms with E-state index in [4.69, 9.17) is 25.0 Å². The summed E-state index contributed by atoms with van der Waals surface area (Å²) in [7, 11) is -3.62. The fourth-order valence-corrected chi connectivity index (χ4v) is 8.24. The van der Waals surface area contributed by atoms with Crippen molar-refractivity contribution in [2.45, 2.75) is 19.1 Å². The molecule has 0 radical (unpaired) electrons. The monoisotopic (exact) mass is 922 g/mol. The second kappa shape index (κ2) is 21.4. The summed E-state index contributed by atoms with van der Waals surface area (Å²) in [6.45, 7) is 6.56. The zero-order chi connectivity index (χ0) is 45.1. The van der Waals surface area contributed by atoms with Crippen molar-refractivity contribution in [3.8, 4) is 0 Å². The first-order chi connectivity index (χ1) is 30.1. The molecule has 0 saturated carbocycles. The van der Waals surface area contributed by atoms with Crippen molar-refractivity contribution in [3.63, 3.8) is 0 Å². The third-order valence-electron chi connectivity index (χ3n) is 9.78. The van der Waals surface area contributed by atoms with E-state index in [1.54, 1.807) is 88.6 Å². The Morgan fingerprint density at radius 1 is 0.714 bits per heavy atom. The predicted octanol–water partition coefficient (Wildman–Crippen LogP) is 3.81. The number of benzene rings is 2. The van der Waals surface area contributed by atoms with Gasteiger partial charge in [-0.25, -0.2) is 9.59 Å². The maximum atomic E-state index is 12.5. The molecule has 2 aromatic heterocycles. The number of thiophene rings is 2. The highest BCUT2D eigenvalue weighted by molar-refractivity contribution is 7.86. The highest BCUT2D eigenvalue weighted by Crippen LogP contribution is 2.24. The average Bonchev–Trinajstić information content (AvgIpc) is 4.10. The number of nitrogens with one attached hydrogen (secondary N) is 4. The Labute approximate surface area is 371 Å². The minimum absolute atomic E-state index is 0.00303. The molecule has 7 rings (SSSR count). The Hall–Kier alpha value is -6.04. The van der Waals surface area contributed by atoms with Gasteiger partial charge in [-0.3, -0.25) is 49.0 Å². The van der Waals surface area contributed by atoms with Gasteiger partial charge in [0.15, 0.2) is 0 Å². The fourth-order valence-electron chi connectivity index (χ4n) is 6.57. The van der Waals surface area contributed by atoms with Crippen molar-refractivity contribution in [1.29, 1.82) is 10.8 Å². The maximum absolute atomic E-state index is 12.5. The summed E-state index contributed by atoms with van der Waals surface area (Å²) < 4.78 is 42.5. The van der Waals surface area contributed by atoms with Gasteiger partial charge in [0.05, 0.1) is 43.6 Å². The van der Waals surface area contributed by atoms with Crippen LogP contribution in [-0.4, -0.2) is 144 Å². The van der Waals surface area contributed by atoms with E-state index in [2.05, 4.69) is 24.6 Å². The normalized spacial score (nSPS) is 17.9. The van der Waals surface area contributed by atoms with Gasteiger partial charge in [0.2, 0.25) is 0 Å². The highest BCUT2D eigenvalue weighted by Gasteiger charge is 2.35. The summed E-state index contributed by atoms with van der Waals surface area (Å²) in [6, 6.07) is 16.7. The van der Waals surface area contributed by atoms with Crippen molar-refractivity contribution in [2.75, 3.05) is 81.6 Å².